The Kier molecular flexibility index (Phi) is 6.01. The van der Waals surface area contributed by atoms with Crippen molar-refractivity contribution in [3.8, 4) is 17.2 Å². The van der Waals surface area contributed by atoms with Crippen molar-refractivity contribution < 1.29 is 23.4 Å². The second-order valence-corrected chi connectivity index (χ2v) is 5.73. The maximum atomic E-state index is 12.4. The Labute approximate surface area is 162 Å². The van der Waals surface area contributed by atoms with Gasteiger partial charge in [-0.1, -0.05) is 0 Å². The van der Waals surface area contributed by atoms with Gasteiger partial charge in [-0.3, -0.25) is 4.79 Å². The summed E-state index contributed by atoms with van der Waals surface area (Å²) in [5.41, 5.74) is 1.15. The molecule has 1 aromatic carbocycles. The number of rotatable bonds is 8. The molecular formula is C20H21N3O5. The standard InChI is InChI=1S/C20H21N3O5/c1-25-16-10-14(11-17(26-2)19(16)27-3)23-18-9-13(6-7-21-18)20(24)22-12-15-5-4-8-28-15/h4-11H,12H2,1-3H3,(H,21,23)(H,22,24). The molecular weight excluding hydrogens is 362 g/mol. The van der Waals surface area contributed by atoms with E-state index in [-0.39, 0.29) is 5.91 Å². The number of nitrogens with zero attached hydrogens (tertiary/aromatic N) is 1. The molecule has 8 heteroatoms. The lowest BCUT2D eigenvalue weighted by Crippen LogP contribution is -2.22. The summed E-state index contributed by atoms with van der Waals surface area (Å²) in [6.07, 6.45) is 3.12. The lowest BCUT2D eigenvalue weighted by Gasteiger charge is -2.15. The number of anilines is 2. The molecule has 146 valence electrons. The molecule has 0 spiro atoms. The van der Waals surface area contributed by atoms with Crippen LogP contribution in [0.3, 0.4) is 0 Å². The number of nitrogens with one attached hydrogen (secondary N) is 2. The topological polar surface area (TPSA) is 94.9 Å². The van der Waals surface area contributed by atoms with Crippen molar-refractivity contribution in [2.45, 2.75) is 6.54 Å². The summed E-state index contributed by atoms with van der Waals surface area (Å²) in [4.78, 5) is 16.6. The van der Waals surface area contributed by atoms with Crippen molar-refractivity contribution in [3.63, 3.8) is 0 Å². The highest BCUT2D eigenvalue weighted by molar-refractivity contribution is 5.94. The molecule has 3 aromatic rings. The Bertz CT molecular complexity index is 916. The highest BCUT2D eigenvalue weighted by Gasteiger charge is 2.14. The number of amides is 1. The first-order valence-electron chi connectivity index (χ1n) is 8.48. The third kappa shape index (κ3) is 4.35. The Hall–Kier alpha value is -3.68. The van der Waals surface area contributed by atoms with Crippen LogP contribution in [0, 0.1) is 0 Å². The fraction of sp³-hybridized carbons (Fsp3) is 0.200. The van der Waals surface area contributed by atoms with Gasteiger partial charge in [-0.05, 0) is 24.3 Å². The predicted molar refractivity (Wildman–Crippen MR) is 103 cm³/mol. The average Bonchev–Trinajstić information content (AvgIpc) is 3.25. The fourth-order valence-corrected chi connectivity index (χ4v) is 2.62. The number of furan rings is 1. The van der Waals surface area contributed by atoms with Crippen LogP contribution in [0.4, 0.5) is 11.5 Å². The summed E-state index contributed by atoms with van der Waals surface area (Å²) in [5.74, 6) is 2.47. The van der Waals surface area contributed by atoms with Crippen LogP contribution >= 0.6 is 0 Å². The van der Waals surface area contributed by atoms with E-state index in [1.807, 2.05) is 0 Å². The molecule has 0 saturated carbocycles. The highest BCUT2D eigenvalue weighted by atomic mass is 16.5. The fourth-order valence-electron chi connectivity index (χ4n) is 2.62. The Morgan fingerprint density at radius 3 is 2.43 bits per heavy atom. The summed E-state index contributed by atoms with van der Waals surface area (Å²) < 4.78 is 21.2. The van der Waals surface area contributed by atoms with Gasteiger partial charge >= 0.3 is 0 Å². The molecule has 0 atom stereocenters. The lowest BCUT2D eigenvalue weighted by molar-refractivity contribution is 0.0948. The monoisotopic (exact) mass is 383 g/mol. The molecule has 0 saturated heterocycles. The van der Waals surface area contributed by atoms with E-state index in [4.69, 9.17) is 18.6 Å². The van der Waals surface area contributed by atoms with E-state index in [9.17, 15) is 4.79 Å². The zero-order valence-electron chi connectivity index (χ0n) is 15.8. The number of methoxy groups -OCH3 is 3. The number of hydrogen-bond acceptors (Lipinski definition) is 7. The van der Waals surface area contributed by atoms with Gasteiger partial charge in [-0.15, -0.1) is 0 Å². The molecule has 0 radical (unpaired) electrons. The normalized spacial score (nSPS) is 10.2. The van der Waals surface area contributed by atoms with Crippen LogP contribution in [0.1, 0.15) is 16.1 Å². The zero-order valence-corrected chi connectivity index (χ0v) is 15.8. The number of ether oxygens (including phenoxy) is 3. The van der Waals surface area contributed by atoms with Gasteiger partial charge in [0.2, 0.25) is 5.75 Å². The molecule has 0 bridgehead atoms. The molecule has 0 fully saturated rings. The van der Waals surface area contributed by atoms with Crippen LogP contribution in [0.25, 0.3) is 0 Å². The van der Waals surface area contributed by atoms with Crippen LogP contribution < -0.4 is 24.8 Å². The minimum Gasteiger partial charge on any atom is -0.493 e. The first-order chi connectivity index (χ1) is 13.6. The minimum absolute atomic E-state index is 0.230. The first-order valence-corrected chi connectivity index (χ1v) is 8.48. The van der Waals surface area contributed by atoms with Gasteiger partial charge in [0, 0.05) is 29.6 Å². The van der Waals surface area contributed by atoms with Gasteiger partial charge in [0.15, 0.2) is 11.5 Å². The average molecular weight is 383 g/mol. The molecule has 8 nitrogen and oxygen atoms in total. The van der Waals surface area contributed by atoms with Crippen LogP contribution in [-0.2, 0) is 6.54 Å². The molecule has 0 aliphatic rings. The summed E-state index contributed by atoms with van der Waals surface area (Å²) in [5, 5.41) is 5.94. The molecule has 2 aromatic heterocycles. The molecule has 0 aliphatic carbocycles. The lowest BCUT2D eigenvalue weighted by atomic mass is 10.2. The third-order valence-corrected chi connectivity index (χ3v) is 3.96. The molecule has 3 rings (SSSR count). The van der Waals surface area contributed by atoms with Gasteiger partial charge < -0.3 is 29.3 Å². The van der Waals surface area contributed by atoms with Crippen molar-refractivity contribution in [2.75, 3.05) is 26.6 Å². The summed E-state index contributed by atoms with van der Waals surface area (Å²) in [7, 11) is 4.63. The second-order valence-electron chi connectivity index (χ2n) is 5.73. The maximum absolute atomic E-state index is 12.4. The van der Waals surface area contributed by atoms with E-state index in [0.717, 1.165) is 0 Å². The molecule has 1 amide bonds. The SMILES string of the molecule is COc1cc(Nc2cc(C(=O)NCc3ccco3)ccn2)cc(OC)c1OC. The van der Waals surface area contributed by atoms with E-state index in [0.29, 0.717) is 46.6 Å². The van der Waals surface area contributed by atoms with Gasteiger partial charge in [-0.25, -0.2) is 4.98 Å². The Morgan fingerprint density at radius 2 is 1.82 bits per heavy atom. The minimum atomic E-state index is -0.230. The van der Waals surface area contributed by atoms with Crippen LogP contribution in [0.15, 0.2) is 53.3 Å². The largest absolute Gasteiger partial charge is 0.493 e. The van der Waals surface area contributed by atoms with Gasteiger partial charge in [0.05, 0.1) is 34.1 Å². The van der Waals surface area contributed by atoms with Gasteiger partial charge in [0.25, 0.3) is 5.91 Å². The number of pyridine rings is 1. The van der Waals surface area contributed by atoms with E-state index >= 15 is 0 Å². The highest BCUT2D eigenvalue weighted by Crippen LogP contribution is 2.40. The number of benzene rings is 1. The maximum Gasteiger partial charge on any atom is 0.251 e. The van der Waals surface area contributed by atoms with E-state index in [1.54, 1.807) is 70.2 Å². The van der Waals surface area contributed by atoms with Gasteiger partial charge in [-0.2, -0.15) is 0 Å². The van der Waals surface area contributed by atoms with Crippen LogP contribution in [-0.4, -0.2) is 32.2 Å². The van der Waals surface area contributed by atoms with Crippen molar-refractivity contribution >= 4 is 17.4 Å². The summed E-state index contributed by atoms with van der Waals surface area (Å²) in [6, 6.07) is 10.4. The van der Waals surface area contributed by atoms with Crippen molar-refractivity contribution in [1.29, 1.82) is 0 Å². The van der Waals surface area contributed by atoms with Crippen LogP contribution in [0.2, 0.25) is 0 Å². The molecule has 2 N–H and O–H groups in total. The van der Waals surface area contributed by atoms with E-state index in [2.05, 4.69) is 15.6 Å². The Morgan fingerprint density at radius 1 is 1.07 bits per heavy atom. The summed E-state index contributed by atoms with van der Waals surface area (Å²) in [6.45, 7) is 0.309. The molecule has 2 heterocycles. The predicted octanol–water partition coefficient (Wildman–Crippen LogP) is 3.37. The number of carbonyl (C=O) groups is 1. The van der Waals surface area contributed by atoms with E-state index < -0.39 is 0 Å². The Balaban J connectivity index is 1.76. The van der Waals surface area contributed by atoms with Crippen molar-refractivity contribution in [3.05, 3.63) is 60.2 Å². The number of aromatic nitrogens is 1. The first kappa shape index (κ1) is 19.1. The van der Waals surface area contributed by atoms with Crippen molar-refractivity contribution in [1.82, 2.24) is 10.3 Å². The van der Waals surface area contributed by atoms with E-state index in [1.165, 1.54) is 0 Å². The second kappa shape index (κ2) is 8.81. The zero-order chi connectivity index (χ0) is 19.9. The number of carbonyl (C=O) groups excluding carboxylic acids is 1. The number of hydrogen-bond donors (Lipinski definition) is 2. The molecule has 0 aliphatic heterocycles. The smallest absolute Gasteiger partial charge is 0.251 e. The van der Waals surface area contributed by atoms with Crippen molar-refractivity contribution in [2.24, 2.45) is 0 Å². The molecule has 28 heavy (non-hydrogen) atoms. The summed E-state index contributed by atoms with van der Waals surface area (Å²) >= 11 is 0. The van der Waals surface area contributed by atoms with Gasteiger partial charge in [0.1, 0.15) is 11.6 Å². The molecule has 0 unspecified atom stereocenters. The quantitative estimate of drug-likeness (QED) is 0.616. The van der Waals surface area contributed by atoms with Crippen LogP contribution in [0.5, 0.6) is 17.2 Å². The third-order valence-electron chi connectivity index (χ3n) is 3.96.